The van der Waals surface area contributed by atoms with Gasteiger partial charge in [-0.15, -0.1) is 11.6 Å². The summed E-state index contributed by atoms with van der Waals surface area (Å²) in [6.07, 6.45) is 3.68. The second-order valence-electron chi connectivity index (χ2n) is 8.49. The van der Waals surface area contributed by atoms with Crippen LogP contribution in [0.4, 0.5) is 11.6 Å². The average molecular weight is 452 g/mol. The number of para-hydroxylation sites is 1. The number of nitrogens with zero attached hydrogens (tertiary/aromatic N) is 3. The van der Waals surface area contributed by atoms with Crippen molar-refractivity contribution in [2.24, 2.45) is 5.41 Å². The van der Waals surface area contributed by atoms with Crippen LogP contribution < -0.4 is 15.8 Å². The van der Waals surface area contributed by atoms with Gasteiger partial charge in [0, 0.05) is 30.4 Å². The molecule has 5 rings (SSSR count). The number of aromatic nitrogens is 2. The Labute approximate surface area is 192 Å². The summed E-state index contributed by atoms with van der Waals surface area (Å²) < 4.78 is 5.90. The standard InChI is InChI=1S/C24H26ClN5O2/c25-10-11-31-30-14-24(15-30)12-18(13-24)29-23-21(22(26)27-16-28-23)17-6-8-20(9-7-17)32-19-4-2-1-3-5-19/h1-9,16,18H,10-15H2,(H3,26,27,28,29). The zero-order chi connectivity index (χ0) is 22.0. The molecule has 2 heterocycles. The van der Waals surface area contributed by atoms with E-state index in [0.29, 0.717) is 29.8 Å². The molecule has 0 radical (unpaired) electrons. The number of benzene rings is 2. The first-order valence-electron chi connectivity index (χ1n) is 10.8. The number of hydrogen-bond acceptors (Lipinski definition) is 7. The van der Waals surface area contributed by atoms with Crippen molar-refractivity contribution < 1.29 is 9.57 Å². The van der Waals surface area contributed by atoms with Crippen LogP contribution in [0.2, 0.25) is 0 Å². The lowest BCUT2D eigenvalue weighted by Gasteiger charge is -2.58. The summed E-state index contributed by atoms with van der Waals surface area (Å²) in [4.78, 5) is 14.3. The molecule has 1 saturated carbocycles. The normalized spacial score (nSPS) is 17.5. The maximum atomic E-state index is 6.25. The topological polar surface area (TPSA) is 85.5 Å². The summed E-state index contributed by atoms with van der Waals surface area (Å²) >= 11 is 5.69. The summed E-state index contributed by atoms with van der Waals surface area (Å²) in [6.45, 7) is 2.49. The van der Waals surface area contributed by atoms with Crippen LogP contribution in [0.25, 0.3) is 11.1 Å². The number of ether oxygens (including phenoxy) is 1. The molecule has 8 heteroatoms. The molecule has 32 heavy (non-hydrogen) atoms. The van der Waals surface area contributed by atoms with Gasteiger partial charge in [-0.1, -0.05) is 30.3 Å². The molecular weight excluding hydrogens is 426 g/mol. The van der Waals surface area contributed by atoms with Crippen LogP contribution in [0.3, 0.4) is 0 Å². The molecule has 1 aliphatic heterocycles. The quantitative estimate of drug-likeness (QED) is 0.485. The summed E-state index contributed by atoms with van der Waals surface area (Å²) in [5.74, 6) is 3.30. The molecule has 3 N–H and O–H groups in total. The Bertz CT molecular complexity index is 1050. The van der Waals surface area contributed by atoms with Gasteiger partial charge in [-0.3, -0.25) is 4.84 Å². The van der Waals surface area contributed by atoms with Gasteiger partial charge in [0.25, 0.3) is 0 Å². The molecule has 166 valence electrons. The van der Waals surface area contributed by atoms with Gasteiger partial charge < -0.3 is 15.8 Å². The number of nitrogens with one attached hydrogen (secondary N) is 1. The van der Waals surface area contributed by atoms with Crippen molar-refractivity contribution in [3.8, 4) is 22.6 Å². The third kappa shape index (κ3) is 4.37. The van der Waals surface area contributed by atoms with E-state index in [9.17, 15) is 0 Å². The molecule has 0 amide bonds. The smallest absolute Gasteiger partial charge is 0.139 e. The van der Waals surface area contributed by atoms with Crippen LogP contribution in [0.15, 0.2) is 60.9 Å². The molecule has 0 atom stereocenters. The van der Waals surface area contributed by atoms with Crippen LogP contribution in [-0.2, 0) is 4.84 Å². The van der Waals surface area contributed by atoms with E-state index >= 15 is 0 Å². The number of anilines is 2. The minimum atomic E-state index is 0.346. The van der Waals surface area contributed by atoms with Crippen LogP contribution in [-0.4, -0.2) is 46.6 Å². The highest BCUT2D eigenvalue weighted by Crippen LogP contribution is 2.49. The number of nitrogens with two attached hydrogens (primary N) is 1. The predicted molar refractivity (Wildman–Crippen MR) is 126 cm³/mol. The van der Waals surface area contributed by atoms with Crippen molar-refractivity contribution in [1.82, 2.24) is 15.0 Å². The van der Waals surface area contributed by atoms with Gasteiger partial charge in [0.2, 0.25) is 0 Å². The van der Waals surface area contributed by atoms with Gasteiger partial charge in [-0.05, 0) is 42.7 Å². The van der Waals surface area contributed by atoms with Gasteiger partial charge in [-0.2, -0.15) is 5.06 Å². The van der Waals surface area contributed by atoms with Crippen molar-refractivity contribution >= 4 is 23.2 Å². The first-order valence-corrected chi connectivity index (χ1v) is 11.3. The molecule has 2 aromatic carbocycles. The van der Waals surface area contributed by atoms with E-state index in [-0.39, 0.29) is 0 Å². The number of rotatable bonds is 8. The first kappa shape index (κ1) is 21.0. The fraction of sp³-hybridized carbons (Fsp3) is 0.333. The van der Waals surface area contributed by atoms with E-state index in [1.165, 1.54) is 6.33 Å². The minimum absolute atomic E-state index is 0.346. The maximum absolute atomic E-state index is 6.25. The molecule has 1 aromatic heterocycles. The van der Waals surface area contributed by atoms with E-state index < -0.39 is 0 Å². The maximum Gasteiger partial charge on any atom is 0.139 e. The van der Waals surface area contributed by atoms with Crippen LogP contribution in [0.5, 0.6) is 11.5 Å². The highest BCUT2D eigenvalue weighted by atomic mass is 35.5. The summed E-state index contributed by atoms with van der Waals surface area (Å²) in [5.41, 5.74) is 8.36. The molecule has 1 aliphatic carbocycles. The third-order valence-electron chi connectivity index (χ3n) is 6.07. The van der Waals surface area contributed by atoms with E-state index in [2.05, 4.69) is 15.3 Å². The third-order valence-corrected chi connectivity index (χ3v) is 6.23. The van der Waals surface area contributed by atoms with Crippen molar-refractivity contribution in [2.75, 3.05) is 36.6 Å². The van der Waals surface area contributed by atoms with Crippen molar-refractivity contribution in [2.45, 2.75) is 18.9 Å². The van der Waals surface area contributed by atoms with Gasteiger partial charge >= 0.3 is 0 Å². The largest absolute Gasteiger partial charge is 0.457 e. The van der Waals surface area contributed by atoms with E-state index in [4.69, 9.17) is 26.9 Å². The summed E-state index contributed by atoms with van der Waals surface area (Å²) in [5, 5.41) is 5.59. The Morgan fingerprint density at radius 2 is 1.75 bits per heavy atom. The molecule has 7 nitrogen and oxygen atoms in total. The zero-order valence-corrected chi connectivity index (χ0v) is 18.5. The Morgan fingerprint density at radius 1 is 1.03 bits per heavy atom. The molecule has 1 saturated heterocycles. The highest BCUT2D eigenvalue weighted by Gasteiger charge is 2.53. The number of nitrogen functional groups attached to an aromatic ring is 1. The Hall–Kier alpha value is -2.87. The molecule has 0 bridgehead atoms. The van der Waals surface area contributed by atoms with Crippen molar-refractivity contribution in [1.29, 1.82) is 0 Å². The molecule has 0 unspecified atom stereocenters. The highest BCUT2D eigenvalue weighted by molar-refractivity contribution is 6.17. The lowest BCUT2D eigenvalue weighted by atomic mass is 9.61. The molecule has 2 aliphatic rings. The Morgan fingerprint density at radius 3 is 2.47 bits per heavy atom. The Balaban J connectivity index is 1.24. The molecule has 2 fully saturated rings. The fourth-order valence-corrected chi connectivity index (χ4v) is 4.67. The average Bonchev–Trinajstić information content (AvgIpc) is 2.75. The SMILES string of the molecule is Nc1ncnc(NC2CC3(C2)CN(OCCCl)C3)c1-c1ccc(Oc2ccccc2)cc1. The number of alkyl halides is 1. The first-order chi connectivity index (χ1) is 15.6. The minimum Gasteiger partial charge on any atom is -0.457 e. The monoisotopic (exact) mass is 451 g/mol. The van der Waals surface area contributed by atoms with Gasteiger partial charge in [0.05, 0.1) is 12.2 Å². The molecular formula is C24H26ClN5O2. The predicted octanol–water partition coefficient (Wildman–Crippen LogP) is 4.56. The van der Waals surface area contributed by atoms with Crippen LogP contribution in [0.1, 0.15) is 12.8 Å². The van der Waals surface area contributed by atoms with E-state index in [0.717, 1.165) is 54.4 Å². The summed E-state index contributed by atoms with van der Waals surface area (Å²) in [7, 11) is 0. The van der Waals surface area contributed by atoms with Gasteiger partial charge in [-0.25, -0.2) is 9.97 Å². The van der Waals surface area contributed by atoms with Gasteiger partial charge in [0.1, 0.15) is 29.5 Å². The number of hydrogen-bond donors (Lipinski definition) is 2. The zero-order valence-electron chi connectivity index (χ0n) is 17.7. The van der Waals surface area contributed by atoms with Crippen LogP contribution in [0, 0.1) is 5.41 Å². The molecule has 1 spiro atoms. The number of halogens is 1. The molecule has 3 aromatic rings. The second kappa shape index (κ2) is 8.94. The Kier molecular flexibility index (Phi) is 5.87. The van der Waals surface area contributed by atoms with E-state index in [1.54, 1.807) is 0 Å². The van der Waals surface area contributed by atoms with Crippen molar-refractivity contribution in [3.05, 3.63) is 60.9 Å². The summed E-state index contributed by atoms with van der Waals surface area (Å²) in [6, 6.07) is 17.9. The second-order valence-corrected chi connectivity index (χ2v) is 8.87. The van der Waals surface area contributed by atoms with Crippen LogP contribution >= 0.6 is 11.6 Å². The lowest BCUT2D eigenvalue weighted by molar-refractivity contribution is -0.265. The number of hydroxylamine groups is 2. The van der Waals surface area contributed by atoms with Gasteiger partial charge in [0.15, 0.2) is 0 Å². The van der Waals surface area contributed by atoms with E-state index in [1.807, 2.05) is 59.7 Å². The van der Waals surface area contributed by atoms with Crippen molar-refractivity contribution in [3.63, 3.8) is 0 Å². The fourth-order valence-electron chi connectivity index (χ4n) is 4.60. The lowest BCUT2D eigenvalue weighted by Crippen LogP contribution is -2.64.